The molecule has 0 bridgehead atoms. The number of nitrogens with one attached hydrogen (secondary N) is 1. The monoisotopic (exact) mass is 270 g/mol. The molecular weight excluding hydrogens is 244 g/mol. The summed E-state index contributed by atoms with van der Waals surface area (Å²) < 4.78 is 10.9. The molecule has 0 radical (unpaired) electrons. The van der Waals surface area contributed by atoms with Crippen LogP contribution in [-0.4, -0.2) is 44.4 Å². The van der Waals surface area contributed by atoms with E-state index in [9.17, 15) is 4.79 Å². The Balaban J connectivity index is 1.89. The lowest BCUT2D eigenvalue weighted by Gasteiger charge is -2.34. The lowest BCUT2D eigenvalue weighted by Crippen LogP contribution is -2.51. The average Bonchev–Trinajstić information content (AvgIpc) is 2.86. The van der Waals surface area contributed by atoms with E-state index < -0.39 is 0 Å². The van der Waals surface area contributed by atoms with E-state index in [1.54, 1.807) is 7.11 Å². The number of hydrogen-bond donors (Lipinski definition) is 2. The van der Waals surface area contributed by atoms with Crippen molar-refractivity contribution in [2.75, 3.05) is 26.9 Å². The molecule has 1 heterocycles. The third kappa shape index (κ3) is 3.27. The van der Waals surface area contributed by atoms with Crippen molar-refractivity contribution in [2.24, 2.45) is 17.6 Å². The van der Waals surface area contributed by atoms with E-state index in [-0.39, 0.29) is 23.5 Å². The molecule has 4 atom stereocenters. The molecule has 1 saturated carbocycles. The Hall–Kier alpha value is -0.650. The minimum Gasteiger partial charge on any atom is -0.378 e. The van der Waals surface area contributed by atoms with Gasteiger partial charge in [0.15, 0.2) is 0 Å². The predicted molar refractivity (Wildman–Crippen MR) is 72.7 cm³/mol. The molecule has 1 aliphatic carbocycles. The molecule has 0 aromatic carbocycles. The van der Waals surface area contributed by atoms with Gasteiger partial charge < -0.3 is 20.5 Å². The normalized spacial score (nSPS) is 39.2. The van der Waals surface area contributed by atoms with Crippen molar-refractivity contribution in [1.82, 2.24) is 5.32 Å². The second-order valence-corrected chi connectivity index (χ2v) is 6.01. The summed E-state index contributed by atoms with van der Waals surface area (Å²) >= 11 is 0. The Morgan fingerprint density at radius 3 is 2.89 bits per heavy atom. The minimum atomic E-state index is -0.350. The van der Waals surface area contributed by atoms with E-state index in [0.29, 0.717) is 25.7 Å². The summed E-state index contributed by atoms with van der Waals surface area (Å²) in [6.45, 7) is 3.88. The van der Waals surface area contributed by atoms with E-state index in [0.717, 1.165) is 25.7 Å². The van der Waals surface area contributed by atoms with E-state index in [1.807, 2.05) is 0 Å². The van der Waals surface area contributed by atoms with Gasteiger partial charge in [0, 0.05) is 32.7 Å². The molecule has 2 rings (SSSR count). The van der Waals surface area contributed by atoms with Gasteiger partial charge in [-0.15, -0.1) is 0 Å². The minimum absolute atomic E-state index is 0.0120. The molecule has 19 heavy (non-hydrogen) atoms. The van der Waals surface area contributed by atoms with Gasteiger partial charge in [0.05, 0.1) is 12.5 Å². The van der Waals surface area contributed by atoms with E-state index in [1.165, 1.54) is 0 Å². The molecule has 110 valence electrons. The van der Waals surface area contributed by atoms with Gasteiger partial charge in [0.1, 0.15) is 5.60 Å². The molecule has 2 fully saturated rings. The molecule has 2 aliphatic rings. The van der Waals surface area contributed by atoms with Crippen molar-refractivity contribution in [3.63, 3.8) is 0 Å². The molecular formula is C14H26N2O3. The molecule has 1 saturated heterocycles. The molecule has 1 amide bonds. The molecule has 4 unspecified atom stereocenters. The van der Waals surface area contributed by atoms with E-state index >= 15 is 0 Å². The largest absolute Gasteiger partial charge is 0.378 e. The number of nitrogens with two attached hydrogens (primary N) is 1. The van der Waals surface area contributed by atoms with Crippen LogP contribution in [0.25, 0.3) is 0 Å². The van der Waals surface area contributed by atoms with Gasteiger partial charge in [-0.05, 0) is 18.8 Å². The van der Waals surface area contributed by atoms with Gasteiger partial charge in [0.2, 0.25) is 5.91 Å². The maximum Gasteiger partial charge on any atom is 0.225 e. The van der Waals surface area contributed by atoms with Crippen molar-refractivity contribution in [3.8, 4) is 0 Å². The van der Waals surface area contributed by atoms with Crippen LogP contribution in [0.2, 0.25) is 0 Å². The molecule has 5 heteroatoms. The highest BCUT2D eigenvalue weighted by Gasteiger charge is 2.38. The maximum atomic E-state index is 12.3. The summed E-state index contributed by atoms with van der Waals surface area (Å²) in [7, 11) is 1.68. The highest BCUT2D eigenvalue weighted by molar-refractivity contribution is 5.79. The zero-order valence-electron chi connectivity index (χ0n) is 12.0. The van der Waals surface area contributed by atoms with Crippen molar-refractivity contribution >= 4 is 5.91 Å². The summed E-state index contributed by atoms with van der Waals surface area (Å²) in [6.07, 6.45) is 3.99. The molecule has 1 aliphatic heterocycles. The van der Waals surface area contributed by atoms with Crippen LogP contribution in [0.5, 0.6) is 0 Å². The predicted octanol–water partition coefficient (Wildman–Crippen LogP) is 0.672. The van der Waals surface area contributed by atoms with Crippen LogP contribution in [0, 0.1) is 11.8 Å². The first-order chi connectivity index (χ1) is 9.08. The van der Waals surface area contributed by atoms with Crippen molar-refractivity contribution in [2.45, 2.75) is 44.2 Å². The fourth-order valence-electron chi connectivity index (χ4n) is 3.24. The van der Waals surface area contributed by atoms with Crippen LogP contribution in [-0.2, 0) is 14.3 Å². The summed E-state index contributed by atoms with van der Waals surface area (Å²) in [6, 6.07) is -0.0120. The van der Waals surface area contributed by atoms with Gasteiger partial charge in [-0.25, -0.2) is 0 Å². The van der Waals surface area contributed by atoms with Gasteiger partial charge in [-0.1, -0.05) is 13.3 Å². The van der Waals surface area contributed by atoms with Crippen LogP contribution in [0.1, 0.15) is 32.6 Å². The van der Waals surface area contributed by atoms with Crippen LogP contribution in [0.3, 0.4) is 0 Å². The van der Waals surface area contributed by atoms with Gasteiger partial charge in [0.25, 0.3) is 0 Å². The first-order valence-electron chi connectivity index (χ1n) is 7.24. The smallest absolute Gasteiger partial charge is 0.225 e. The van der Waals surface area contributed by atoms with E-state index in [4.69, 9.17) is 15.2 Å². The summed E-state index contributed by atoms with van der Waals surface area (Å²) in [5, 5.41) is 3.02. The first kappa shape index (κ1) is 14.8. The fraction of sp³-hybridized carbons (Fsp3) is 0.929. The Kier molecular flexibility index (Phi) is 4.81. The lowest BCUT2D eigenvalue weighted by molar-refractivity contribution is -0.129. The zero-order chi connectivity index (χ0) is 13.9. The Labute approximate surface area is 115 Å². The summed E-state index contributed by atoms with van der Waals surface area (Å²) in [5.74, 6) is 0.370. The number of carbonyl (C=O) groups is 1. The SMILES string of the molecule is COC1(CNC(=O)C2C(C)CCCC2N)CCOC1. The van der Waals surface area contributed by atoms with Crippen molar-refractivity contribution < 1.29 is 14.3 Å². The number of carbonyl (C=O) groups excluding carboxylic acids is 1. The summed E-state index contributed by atoms with van der Waals surface area (Å²) in [5.41, 5.74) is 5.75. The third-order valence-corrected chi connectivity index (χ3v) is 4.66. The average molecular weight is 270 g/mol. The molecule has 0 spiro atoms. The number of amides is 1. The zero-order valence-corrected chi connectivity index (χ0v) is 12.0. The molecule has 3 N–H and O–H groups in total. The standard InChI is InChI=1S/C14H26N2O3/c1-10-4-3-5-11(15)12(10)13(17)16-8-14(18-2)6-7-19-9-14/h10-12H,3-9,15H2,1-2H3,(H,16,17). The van der Waals surface area contributed by atoms with Gasteiger partial charge >= 0.3 is 0 Å². The number of rotatable bonds is 4. The Bertz CT molecular complexity index is 306. The van der Waals surface area contributed by atoms with Gasteiger partial charge in [-0.3, -0.25) is 4.79 Å². The third-order valence-electron chi connectivity index (χ3n) is 4.66. The maximum absolute atomic E-state index is 12.3. The second-order valence-electron chi connectivity index (χ2n) is 6.01. The first-order valence-corrected chi connectivity index (χ1v) is 7.24. The number of hydrogen-bond acceptors (Lipinski definition) is 4. The van der Waals surface area contributed by atoms with Gasteiger partial charge in [-0.2, -0.15) is 0 Å². The highest BCUT2D eigenvalue weighted by atomic mass is 16.5. The molecule has 0 aromatic rings. The number of methoxy groups -OCH3 is 1. The van der Waals surface area contributed by atoms with E-state index in [2.05, 4.69) is 12.2 Å². The lowest BCUT2D eigenvalue weighted by atomic mass is 9.76. The molecule has 0 aromatic heterocycles. The van der Waals surface area contributed by atoms with Crippen LogP contribution in [0.4, 0.5) is 0 Å². The van der Waals surface area contributed by atoms with Crippen LogP contribution >= 0.6 is 0 Å². The number of ether oxygens (including phenoxy) is 2. The highest BCUT2D eigenvalue weighted by Crippen LogP contribution is 2.29. The Morgan fingerprint density at radius 1 is 1.53 bits per heavy atom. The summed E-state index contributed by atoms with van der Waals surface area (Å²) in [4.78, 5) is 12.3. The molecule has 5 nitrogen and oxygen atoms in total. The topological polar surface area (TPSA) is 73.6 Å². The Morgan fingerprint density at radius 2 is 2.32 bits per heavy atom. The fourth-order valence-corrected chi connectivity index (χ4v) is 3.24. The second kappa shape index (κ2) is 6.20. The quantitative estimate of drug-likeness (QED) is 0.787. The van der Waals surface area contributed by atoms with Crippen molar-refractivity contribution in [3.05, 3.63) is 0 Å². The van der Waals surface area contributed by atoms with Crippen molar-refractivity contribution in [1.29, 1.82) is 0 Å². The van der Waals surface area contributed by atoms with Crippen LogP contribution in [0.15, 0.2) is 0 Å². The van der Waals surface area contributed by atoms with Crippen LogP contribution < -0.4 is 11.1 Å².